The zero-order chi connectivity index (χ0) is 45.1. The van der Waals surface area contributed by atoms with Crippen molar-refractivity contribution in [3.05, 3.63) is 107 Å². The number of fused-ring (bicyclic) bond motifs is 2. The SMILES string of the molecule is O=C1CCC(N2Cc3cc(N4CCN(CC5CC(Oc6ccc(-c7cnc8[nH]cc(C(=O)c9c(F)ccc(NS(=O)(=O)N%10CC[C@@H](F)C%10)c9F)c8c7)cc6)C5)CC4)ccc3C2=O)C(=O)N1. The molecule has 3 aromatic carbocycles. The van der Waals surface area contributed by atoms with Crippen molar-refractivity contribution in [3.63, 3.8) is 0 Å². The van der Waals surface area contributed by atoms with Gasteiger partial charge in [0.15, 0.2) is 5.82 Å². The van der Waals surface area contributed by atoms with Crippen LogP contribution in [-0.2, 0) is 26.3 Å². The number of rotatable bonds is 12. The molecule has 10 rings (SSSR count). The summed E-state index contributed by atoms with van der Waals surface area (Å²) in [5.41, 5.74) is 2.64. The Morgan fingerprint density at radius 2 is 1.71 bits per heavy atom. The molecular formula is C46H45F3N8O7S. The molecule has 3 N–H and O–H groups in total. The lowest BCUT2D eigenvalue weighted by Gasteiger charge is -2.42. The Kier molecular flexibility index (Phi) is 11.1. The van der Waals surface area contributed by atoms with Crippen LogP contribution in [0.1, 0.15) is 63.9 Å². The predicted octanol–water partition coefficient (Wildman–Crippen LogP) is 5.18. The van der Waals surface area contributed by atoms with Crippen LogP contribution in [0.4, 0.5) is 24.5 Å². The molecule has 4 aliphatic heterocycles. The van der Waals surface area contributed by atoms with Crippen molar-refractivity contribution in [2.75, 3.05) is 55.4 Å². The third-order valence-corrected chi connectivity index (χ3v) is 14.7. The fourth-order valence-electron chi connectivity index (χ4n) is 9.58. The quantitative estimate of drug-likeness (QED) is 0.112. The number of anilines is 2. The number of carbonyl (C=O) groups is 4. The maximum absolute atomic E-state index is 15.7. The average molecular weight is 911 g/mol. The number of amides is 3. The van der Waals surface area contributed by atoms with Gasteiger partial charge in [-0.05, 0) is 91.3 Å². The van der Waals surface area contributed by atoms with Crippen LogP contribution in [0.2, 0.25) is 0 Å². The highest BCUT2D eigenvalue weighted by Gasteiger charge is 2.40. The van der Waals surface area contributed by atoms with Crippen LogP contribution in [-0.4, -0.2) is 120 Å². The van der Waals surface area contributed by atoms with Crippen LogP contribution >= 0.6 is 0 Å². The lowest BCUT2D eigenvalue weighted by molar-refractivity contribution is -0.136. The normalized spacial score (nSPS) is 22.8. The number of aromatic nitrogens is 2. The zero-order valence-corrected chi connectivity index (χ0v) is 35.9. The zero-order valence-electron chi connectivity index (χ0n) is 35.1. The molecule has 2 aromatic heterocycles. The van der Waals surface area contributed by atoms with Gasteiger partial charge < -0.3 is 19.5 Å². The lowest BCUT2D eigenvalue weighted by Crippen LogP contribution is -2.52. The summed E-state index contributed by atoms with van der Waals surface area (Å²) >= 11 is 0. The minimum absolute atomic E-state index is 0.000481. The van der Waals surface area contributed by atoms with Crippen LogP contribution in [0, 0.1) is 17.6 Å². The van der Waals surface area contributed by atoms with E-state index in [0.29, 0.717) is 46.8 Å². The molecule has 0 bridgehead atoms. The first kappa shape index (κ1) is 42.6. The molecule has 5 aromatic rings. The second-order valence-electron chi connectivity index (χ2n) is 17.4. The van der Waals surface area contributed by atoms with E-state index in [2.05, 4.69) is 31.2 Å². The molecule has 1 saturated carbocycles. The highest BCUT2D eigenvalue weighted by atomic mass is 32.2. The van der Waals surface area contributed by atoms with Gasteiger partial charge in [-0.15, -0.1) is 0 Å². The predicted molar refractivity (Wildman–Crippen MR) is 233 cm³/mol. The molecule has 6 heterocycles. The fourth-order valence-corrected chi connectivity index (χ4v) is 10.9. The van der Waals surface area contributed by atoms with Gasteiger partial charge in [0.25, 0.3) is 5.91 Å². The number of benzene rings is 3. The summed E-state index contributed by atoms with van der Waals surface area (Å²) < 4.78 is 79.3. The fraction of sp³-hybridized carbons (Fsp3) is 0.370. The first-order valence-electron chi connectivity index (χ1n) is 21.7. The molecule has 0 radical (unpaired) electrons. The van der Waals surface area contributed by atoms with E-state index in [1.165, 1.54) is 6.20 Å². The molecule has 3 amide bonds. The van der Waals surface area contributed by atoms with Crippen molar-refractivity contribution in [3.8, 4) is 16.9 Å². The van der Waals surface area contributed by atoms with Crippen molar-refractivity contribution in [1.82, 2.24) is 29.4 Å². The van der Waals surface area contributed by atoms with Gasteiger partial charge in [0.2, 0.25) is 17.6 Å². The number of aromatic amines is 1. The number of piperazine rings is 1. The number of hydrogen-bond donors (Lipinski definition) is 3. The maximum atomic E-state index is 15.7. The van der Waals surface area contributed by atoms with Gasteiger partial charge in [0, 0.05) is 98.9 Å². The summed E-state index contributed by atoms with van der Waals surface area (Å²) in [6, 6.07) is 16.1. The number of alkyl halides is 1. The number of ketones is 1. The lowest BCUT2D eigenvalue weighted by atomic mass is 9.81. The molecule has 0 spiro atoms. The van der Waals surface area contributed by atoms with Crippen LogP contribution in [0.25, 0.3) is 22.2 Å². The van der Waals surface area contributed by atoms with Gasteiger partial charge in [-0.25, -0.2) is 18.2 Å². The number of halogens is 3. The van der Waals surface area contributed by atoms with E-state index < -0.39 is 63.5 Å². The third-order valence-electron chi connectivity index (χ3n) is 13.2. The molecule has 1 unspecified atom stereocenters. The van der Waals surface area contributed by atoms with Gasteiger partial charge in [-0.2, -0.15) is 12.7 Å². The van der Waals surface area contributed by atoms with Crippen molar-refractivity contribution in [2.24, 2.45) is 5.92 Å². The molecule has 2 atom stereocenters. The second-order valence-corrected chi connectivity index (χ2v) is 19.1. The number of piperidine rings is 1. The topological polar surface area (TPSA) is 177 Å². The standard InChI is InChI=1S/C46H45F3N8O7S/c47-30-11-12-56(25-30)65(62,63)53-38-8-7-37(48)41(42(38)49)43(59)36-22-51-44-35(36)20-28(21-50-44)27-1-4-32(5-2-27)64-33-17-26(18-33)23-54-13-15-55(16-14-54)31-3-6-34-29(19-31)24-57(46(34)61)39-9-10-40(58)52-45(39)60/h1-8,19-22,26,30,33,39,53H,9-18,23-25H2,(H,50,51)(H,52,58,60)/t26?,30-,33?,39?/m1/s1. The Bertz CT molecular complexity index is 2850. The highest BCUT2D eigenvalue weighted by molar-refractivity contribution is 7.90. The molecule has 19 heteroatoms. The molecule has 3 saturated heterocycles. The van der Waals surface area contributed by atoms with Crippen molar-refractivity contribution in [1.29, 1.82) is 0 Å². The number of carbonyl (C=O) groups excluding carboxylic acids is 4. The van der Waals surface area contributed by atoms with E-state index in [-0.39, 0.29) is 42.9 Å². The number of H-pyrrole nitrogens is 1. The summed E-state index contributed by atoms with van der Waals surface area (Å²) in [5.74, 6) is -3.25. The van der Waals surface area contributed by atoms with Gasteiger partial charge in [-0.3, -0.25) is 34.1 Å². The summed E-state index contributed by atoms with van der Waals surface area (Å²) in [6.45, 7) is 4.38. The van der Waals surface area contributed by atoms with Gasteiger partial charge in [-0.1, -0.05) is 12.1 Å². The summed E-state index contributed by atoms with van der Waals surface area (Å²) in [7, 11) is -4.36. The number of hydrogen-bond acceptors (Lipinski definition) is 10. The Labute approximate surface area is 372 Å². The van der Waals surface area contributed by atoms with E-state index in [9.17, 15) is 32.0 Å². The summed E-state index contributed by atoms with van der Waals surface area (Å²) in [6.07, 6.45) is 4.08. The Morgan fingerprint density at radius 3 is 2.45 bits per heavy atom. The molecule has 5 aliphatic rings. The van der Waals surface area contributed by atoms with Crippen molar-refractivity contribution in [2.45, 2.75) is 57.0 Å². The van der Waals surface area contributed by atoms with Crippen molar-refractivity contribution < 1.29 is 45.5 Å². The molecular weight excluding hydrogens is 866 g/mol. The third kappa shape index (κ3) is 8.31. The minimum Gasteiger partial charge on any atom is -0.490 e. The van der Waals surface area contributed by atoms with E-state index in [0.717, 1.165) is 78.8 Å². The number of ether oxygens (including phenoxy) is 1. The van der Waals surface area contributed by atoms with Gasteiger partial charge in [0.1, 0.15) is 29.4 Å². The Hall–Kier alpha value is -6.31. The van der Waals surface area contributed by atoms with E-state index >= 15 is 8.78 Å². The summed E-state index contributed by atoms with van der Waals surface area (Å²) in [5, 5.41) is 2.66. The van der Waals surface area contributed by atoms with Gasteiger partial charge >= 0.3 is 10.2 Å². The number of pyridine rings is 1. The van der Waals surface area contributed by atoms with Crippen molar-refractivity contribution >= 4 is 56.1 Å². The maximum Gasteiger partial charge on any atom is 0.301 e. The second kappa shape index (κ2) is 16.9. The average Bonchev–Trinajstić information content (AvgIpc) is 4.01. The molecule has 65 heavy (non-hydrogen) atoms. The monoisotopic (exact) mass is 910 g/mol. The first-order valence-corrected chi connectivity index (χ1v) is 23.2. The van der Waals surface area contributed by atoms with Crippen LogP contribution in [0.3, 0.4) is 0 Å². The number of nitrogens with zero attached hydrogens (tertiary/aromatic N) is 5. The molecule has 338 valence electrons. The van der Waals surface area contributed by atoms with Crippen LogP contribution in [0.5, 0.6) is 5.75 Å². The Balaban J connectivity index is 0.716. The van der Waals surface area contributed by atoms with E-state index in [1.54, 1.807) is 17.2 Å². The molecule has 4 fully saturated rings. The van der Waals surface area contributed by atoms with E-state index in [4.69, 9.17) is 4.74 Å². The van der Waals surface area contributed by atoms with Crippen LogP contribution in [0.15, 0.2) is 73.1 Å². The summed E-state index contributed by atoms with van der Waals surface area (Å²) in [4.78, 5) is 64.6. The minimum atomic E-state index is -4.36. The molecule has 15 nitrogen and oxygen atoms in total. The van der Waals surface area contributed by atoms with Gasteiger partial charge in [0.05, 0.1) is 17.4 Å². The first-order chi connectivity index (χ1) is 31.3. The smallest absolute Gasteiger partial charge is 0.301 e. The number of nitrogens with one attached hydrogen (secondary N) is 3. The van der Waals surface area contributed by atoms with Crippen LogP contribution < -0.4 is 19.7 Å². The Morgan fingerprint density at radius 1 is 0.923 bits per heavy atom. The highest BCUT2D eigenvalue weighted by Crippen LogP contribution is 2.36. The van der Waals surface area contributed by atoms with E-state index in [1.807, 2.05) is 41.1 Å². The number of imide groups is 1. The largest absolute Gasteiger partial charge is 0.490 e. The molecule has 1 aliphatic carbocycles.